The van der Waals surface area contributed by atoms with Gasteiger partial charge in [0.05, 0.1) is 7.11 Å². The van der Waals surface area contributed by atoms with Crippen LogP contribution in [-0.2, 0) is 11.2 Å². The lowest BCUT2D eigenvalue weighted by Crippen LogP contribution is -2.14. The van der Waals surface area contributed by atoms with Gasteiger partial charge in [0.15, 0.2) is 0 Å². The van der Waals surface area contributed by atoms with Crippen molar-refractivity contribution in [1.29, 1.82) is 0 Å². The Morgan fingerprint density at radius 3 is 3.07 bits per heavy atom. The summed E-state index contributed by atoms with van der Waals surface area (Å²) in [6.45, 7) is 0. The topological polar surface area (TPSA) is 46.5 Å². The van der Waals surface area contributed by atoms with Gasteiger partial charge in [-0.25, -0.2) is 0 Å². The van der Waals surface area contributed by atoms with E-state index in [2.05, 4.69) is 0 Å². The van der Waals surface area contributed by atoms with Gasteiger partial charge < -0.3 is 9.84 Å². The van der Waals surface area contributed by atoms with Crippen LogP contribution in [0.4, 0.5) is 0 Å². The van der Waals surface area contributed by atoms with Crippen molar-refractivity contribution >= 4 is 17.7 Å². The molecule has 0 aliphatic carbocycles. The van der Waals surface area contributed by atoms with Crippen molar-refractivity contribution in [1.82, 2.24) is 0 Å². The molecule has 0 radical (unpaired) electrons. The number of carboxylic acid groups (broad SMARTS) is 1. The van der Waals surface area contributed by atoms with E-state index in [0.717, 1.165) is 16.2 Å². The summed E-state index contributed by atoms with van der Waals surface area (Å²) in [5.41, 5.74) is 1.02. The summed E-state index contributed by atoms with van der Waals surface area (Å²) < 4.78 is 5.18. The second-order valence-electron chi connectivity index (χ2n) is 3.09. The molecule has 0 aromatic heterocycles. The molecule has 1 atom stereocenters. The first-order valence-electron chi connectivity index (χ1n) is 4.27. The average molecular weight is 210 g/mol. The lowest BCUT2D eigenvalue weighted by Gasteiger charge is -2.04. The summed E-state index contributed by atoms with van der Waals surface area (Å²) in [5.74, 6) is 0.0343. The highest BCUT2D eigenvalue weighted by atomic mass is 32.2. The van der Waals surface area contributed by atoms with Gasteiger partial charge in [-0.2, -0.15) is 0 Å². The van der Waals surface area contributed by atoms with E-state index in [9.17, 15) is 4.79 Å². The number of thioether (sulfide) groups is 1. The molecule has 1 heterocycles. The summed E-state index contributed by atoms with van der Waals surface area (Å²) >= 11 is 1.39. The Morgan fingerprint density at radius 1 is 1.64 bits per heavy atom. The van der Waals surface area contributed by atoms with E-state index in [1.165, 1.54) is 11.8 Å². The molecule has 74 valence electrons. The molecule has 0 saturated carbocycles. The fraction of sp³-hybridized carbons (Fsp3) is 0.300. The monoisotopic (exact) mass is 210 g/mol. The van der Waals surface area contributed by atoms with Crippen molar-refractivity contribution < 1.29 is 14.6 Å². The lowest BCUT2D eigenvalue weighted by atomic mass is 10.1. The molecule has 3 nitrogen and oxygen atoms in total. The largest absolute Gasteiger partial charge is 0.496 e. The molecule has 1 aliphatic rings. The van der Waals surface area contributed by atoms with Crippen LogP contribution < -0.4 is 4.74 Å². The van der Waals surface area contributed by atoms with Gasteiger partial charge >= 0.3 is 5.97 Å². The fourth-order valence-electron chi connectivity index (χ4n) is 1.57. The molecule has 2 rings (SSSR count). The highest BCUT2D eigenvalue weighted by Crippen LogP contribution is 2.41. The number of ether oxygens (including phenoxy) is 1. The van der Waals surface area contributed by atoms with E-state index in [1.807, 2.05) is 18.2 Å². The van der Waals surface area contributed by atoms with Gasteiger partial charge in [0.2, 0.25) is 0 Å². The van der Waals surface area contributed by atoms with Gasteiger partial charge in [-0.3, -0.25) is 4.79 Å². The number of benzene rings is 1. The Kier molecular flexibility index (Phi) is 2.37. The number of fused-ring (bicyclic) bond motifs is 1. The molecule has 4 heteroatoms. The molecular formula is C10H10O3S. The lowest BCUT2D eigenvalue weighted by molar-refractivity contribution is -0.136. The molecule has 1 N–H and O–H groups in total. The van der Waals surface area contributed by atoms with E-state index in [1.54, 1.807) is 7.11 Å². The number of methoxy groups -OCH3 is 1. The van der Waals surface area contributed by atoms with Gasteiger partial charge in [0, 0.05) is 10.5 Å². The first kappa shape index (κ1) is 9.40. The minimum atomic E-state index is -0.756. The zero-order valence-electron chi connectivity index (χ0n) is 7.69. The molecule has 1 aromatic rings. The normalized spacial score (nSPS) is 19.1. The maximum absolute atomic E-state index is 10.8. The standard InChI is InChI=1S/C10H10O3S/c1-13-7-3-2-4-8-6(7)5-9(14-8)10(11)12/h2-4,9H,5H2,1H3,(H,11,12). The summed E-state index contributed by atoms with van der Waals surface area (Å²) in [6, 6.07) is 5.68. The number of rotatable bonds is 2. The van der Waals surface area contributed by atoms with Crippen molar-refractivity contribution in [3.05, 3.63) is 23.8 Å². The number of aliphatic carboxylic acids is 1. The van der Waals surface area contributed by atoms with Crippen LogP contribution in [0.5, 0.6) is 5.75 Å². The van der Waals surface area contributed by atoms with E-state index in [0.29, 0.717) is 6.42 Å². The Balaban J connectivity index is 2.34. The van der Waals surface area contributed by atoms with Crippen LogP contribution in [0.1, 0.15) is 5.56 Å². The van der Waals surface area contributed by atoms with Crippen molar-refractivity contribution in [2.24, 2.45) is 0 Å². The van der Waals surface area contributed by atoms with Gasteiger partial charge in [-0.05, 0) is 18.6 Å². The molecule has 1 aromatic carbocycles. The van der Waals surface area contributed by atoms with Gasteiger partial charge in [0.1, 0.15) is 11.0 Å². The maximum atomic E-state index is 10.8. The second kappa shape index (κ2) is 3.53. The van der Waals surface area contributed by atoms with Gasteiger partial charge in [-0.1, -0.05) is 6.07 Å². The third kappa shape index (κ3) is 1.46. The van der Waals surface area contributed by atoms with Crippen LogP contribution in [0, 0.1) is 0 Å². The average Bonchev–Trinajstić information content (AvgIpc) is 2.60. The Morgan fingerprint density at radius 2 is 2.43 bits per heavy atom. The Bertz CT molecular complexity index is 376. The van der Waals surface area contributed by atoms with Crippen LogP contribution in [0.25, 0.3) is 0 Å². The third-order valence-electron chi connectivity index (χ3n) is 2.24. The van der Waals surface area contributed by atoms with E-state index >= 15 is 0 Å². The highest BCUT2D eigenvalue weighted by Gasteiger charge is 2.29. The number of hydrogen-bond donors (Lipinski definition) is 1. The quantitative estimate of drug-likeness (QED) is 0.808. The van der Waals surface area contributed by atoms with Crippen molar-refractivity contribution in [2.45, 2.75) is 16.6 Å². The molecule has 1 aliphatic heterocycles. The van der Waals surface area contributed by atoms with E-state index < -0.39 is 5.97 Å². The minimum absolute atomic E-state index is 0.360. The molecule has 0 bridgehead atoms. The molecule has 1 unspecified atom stereocenters. The number of carbonyl (C=O) groups is 1. The summed E-state index contributed by atoms with van der Waals surface area (Å²) in [5, 5.41) is 8.53. The molecule has 0 fully saturated rings. The fourth-order valence-corrected chi connectivity index (χ4v) is 2.71. The summed E-state index contributed by atoms with van der Waals surface area (Å²) in [6.07, 6.45) is 0.555. The van der Waals surface area contributed by atoms with Gasteiger partial charge in [0.25, 0.3) is 0 Å². The summed E-state index contributed by atoms with van der Waals surface area (Å²) in [4.78, 5) is 11.8. The Labute approximate surface area is 86.1 Å². The molecule has 0 saturated heterocycles. The smallest absolute Gasteiger partial charge is 0.317 e. The van der Waals surface area contributed by atoms with Crippen molar-refractivity contribution in [3.63, 3.8) is 0 Å². The van der Waals surface area contributed by atoms with Crippen LogP contribution in [0.15, 0.2) is 23.1 Å². The van der Waals surface area contributed by atoms with E-state index in [-0.39, 0.29) is 5.25 Å². The Hall–Kier alpha value is -1.16. The highest BCUT2D eigenvalue weighted by molar-refractivity contribution is 8.01. The zero-order chi connectivity index (χ0) is 10.1. The first-order valence-corrected chi connectivity index (χ1v) is 5.15. The SMILES string of the molecule is COc1cccc2c1CC(C(=O)O)S2. The van der Waals surface area contributed by atoms with E-state index in [4.69, 9.17) is 9.84 Å². The molecule has 14 heavy (non-hydrogen) atoms. The maximum Gasteiger partial charge on any atom is 0.317 e. The van der Waals surface area contributed by atoms with Crippen LogP contribution in [0.2, 0.25) is 0 Å². The molecule has 0 spiro atoms. The number of hydrogen-bond acceptors (Lipinski definition) is 3. The predicted molar refractivity (Wildman–Crippen MR) is 54.0 cm³/mol. The van der Waals surface area contributed by atoms with Crippen molar-refractivity contribution in [2.75, 3.05) is 7.11 Å². The van der Waals surface area contributed by atoms with Crippen LogP contribution in [-0.4, -0.2) is 23.4 Å². The van der Waals surface area contributed by atoms with Crippen LogP contribution in [0.3, 0.4) is 0 Å². The molecular weight excluding hydrogens is 200 g/mol. The van der Waals surface area contributed by atoms with Gasteiger partial charge in [-0.15, -0.1) is 11.8 Å². The zero-order valence-corrected chi connectivity index (χ0v) is 8.50. The molecule has 0 amide bonds. The third-order valence-corrected chi connectivity index (χ3v) is 3.53. The number of carboxylic acids is 1. The van der Waals surface area contributed by atoms with Crippen LogP contribution >= 0.6 is 11.8 Å². The second-order valence-corrected chi connectivity index (χ2v) is 4.33. The van der Waals surface area contributed by atoms with Crippen molar-refractivity contribution in [3.8, 4) is 5.75 Å². The first-order chi connectivity index (χ1) is 6.72. The minimum Gasteiger partial charge on any atom is -0.496 e. The summed E-state index contributed by atoms with van der Waals surface area (Å²) in [7, 11) is 1.61. The predicted octanol–water partition coefficient (Wildman–Crippen LogP) is 1.80.